The highest BCUT2D eigenvalue weighted by Gasteiger charge is 2.57. The summed E-state index contributed by atoms with van der Waals surface area (Å²) >= 11 is 0. The lowest BCUT2D eigenvalue weighted by Crippen LogP contribution is -2.64. The fourth-order valence-electron chi connectivity index (χ4n) is 10.9. The maximum Gasteiger partial charge on any atom is 0.329 e. The molecule has 68 heavy (non-hydrogen) atoms. The van der Waals surface area contributed by atoms with E-state index in [-0.39, 0.29) is 50.5 Å². The van der Waals surface area contributed by atoms with Gasteiger partial charge in [0.15, 0.2) is 0 Å². The van der Waals surface area contributed by atoms with Gasteiger partial charge in [0.05, 0.1) is 37.1 Å². The molecule has 2 saturated heterocycles. The number of methoxy groups -OCH3 is 2. The lowest BCUT2D eigenvalue weighted by atomic mass is 9.81. The van der Waals surface area contributed by atoms with Crippen molar-refractivity contribution in [3.63, 3.8) is 0 Å². The first kappa shape index (κ1) is 53.4. The maximum atomic E-state index is 14.5. The summed E-state index contributed by atoms with van der Waals surface area (Å²) in [4.78, 5) is 58.4. The van der Waals surface area contributed by atoms with E-state index in [0.717, 1.165) is 15.8 Å². The van der Waals surface area contributed by atoms with Crippen LogP contribution in [0.2, 0.25) is 0 Å². The first-order valence-electron chi connectivity index (χ1n) is 24.7. The van der Waals surface area contributed by atoms with Crippen LogP contribution in [-0.2, 0) is 44.7 Å². The van der Waals surface area contributed by atoms with Gasteiger partial charge in [-0.25, -0.2) is 4.79 Å². The Kier molecular flexibility index (Phi) is 18.3. The van der Waals surface area contributed by atoms with Gasteiger partial charge < -0.3 is 58.7 Å². The van der Waals surface area contributed by atoms with E-state index in [1.807, 2.05) is 55.0 Å². The van der Waals surface area contributed by atoms with Crippen LogP contribution in [0.15, 0.2) is 53.8 Å². The van der Waals surface area contributed by atoms with Crippen LogP contribution in [0.4, 0.5) is 0 Å². The zero-order valence-corrected chi connectivity index (χ0v) is 41.1. The van der Waals surface area contributed by atoms with Crippen molar-refractivity contribution >= 4 is 34.3 Å². The first-order valence-corrected chi connectivity index (χ1v) is 24.7. The van der Waals surface area contributed by atoms with Crippen molar-refractivity contribution in [1.82, 2.24) is 9.47 Å². The molecule has 0 spiro atoms. The number of hydrogen-bond acceptors (Lipinski definition) is 14. The number of cyclic esters (lactones) is 1. The molecule has 15 atom stereocenters. The molecule has 3 aliphatic heterocycles. The molecule has 1 aromatic heterocycles. The Morgan fingerprint density at radius 1 is 0.926 bits per heavy atom. The number of piperidine rings is 1. The summed E-state index contributed by atoms with van der Waals surface area (Å²) < 4.78 is 32.5. The number of aliphatic hydroxyl groups excluding tert-OH is 4. The Morgan fingerprint density at radius 2 is 1.65 bits per heavy atom. The number of rotatable bonds is 9. The smallest absolute Gasteiger partial charge is 0.329 e. The number of carbonyl (C=O) groups excluding carboxylic acids is 4. The minimum Gasteiger partial charge on any atom is -0.488 e. The number of fused-ring (bicyclic) bond motifs is 4. The van der Waals surface area contributed by atoms with Gasteiger partial charge in [-0.15, -0.1) is 0 Å². The van der Waals surface area contributed by atoms with Gasteiger partial charge in [0, 0.05) is 68.6 Å². The minimum atomic E-state index is -2.60. The zero-order chi connectivity index (χ0) is 49.6. The average Bonchev–Trinajstić information content (AvgIpc) is 3.73. The van der Waals surface area contributed by atoms with Crippen LogP contribution in [0.25, 0.3) is 10.9 Å². The Hall–Kier alpha value is -4.00. The summed E-state index contributed by atoms with van der Waals surface area (Å²) in [6.45, 7) is 11.0. The molecule has 3 fully saturated rings. The van der Waals surface area contributed by atoms with E-state index in [4.69, 9.17) is 23.7 Å². The number of benzene rings is 1. The third kappa shape index (κ3) is 11.8. The standard InChI is InChI=1S/C52H76N2O14/c1-9-35-23-29(2)46(59)30(3)24-44(64-7)48-45(65-8)25-32(5)52(63,68-48)49(60)50(61)54-18-11-10-12-39(54)51(62)67-47(33(6)40(56)28-41(35)57)31(4)22-34-13-16-43(42(58)26-34)66-37-14-15-38-36(27-37)17-19-53(38)20-21-55/h14-15,17,19,22-23,27,30,32-35,39-40,42-48,55-56,58-59,63H,9-13,16,18,20-21,24-26,28H2,1-8H3. The highest BCUT2D eigenvalue weighted by atomic mass is 16.7. The highest BCUT2D eigenvalue weighted by molar-refractivity contribution is 6.39. The second kappa shape index (κ2) is 23.3. The highest BCUT2D eigenvalue weighted by Crippen LogP contribution is 2.40. The SMILES string of the molecule is CCC1C=C(C)C(O)C(C)CC(OC)C2OC(O)(C(=O)C(=O)N3CCCCC3C(=O)OC(C(C)=CC3CCC(Oc4ccc5c(ccn5CCO)c4)C(O)C3)C(C)C(O)CC1=O)C(C)CC2OC. The molecule has 2 aromatic rings. The van der Waals surface area contributed by atoms with Crippen molar-refractivity contribution < 1.29 is 68.4 Å². The van der Waals surface area contributed by atoms with E-state index >= 15 is 0 Å². The third-order valence-corrected chi connectivity index (χ3v) is 15.2. The Bertz CT molecular complexity index is 2140. The quantitative estimate of drug-likeness (QED) is 0.129. The molecular weight excluding hydrogens is 877 g/mol. The van der Waals surface area contributed by atoms with Gasteiger partial charge in [-0.2, -0.15) is 0 Å². The number of carbonyl (C=O) groups is 4. The molecule has 0 radical (unpaired) electrons. The van der Waals surface area contributed by atoms with Crippen molar-refractivity contribution in [3.8, 4) is 5.75 Å². The normalized spacial score (nSPS) is 36.7. The van der Waals surface area contributed by atoms with E-state index in [1.165, 1.54) is 14.2 Å². The van der Waals surface area contributed by atoms with E-state index in [2.05, 4.69) is 0 Å². The largest absolute Gasteiger partial charge is 0.488 e. The predicted octanol–water partition coefficient (Wildman–Crippen LogP) is 4.82. The topological polar surface area (TPSA) is 224 Å². The summed E-state index contributed by atoms with van der Waals surface area (Å²) in [5.74, 6) is -8.33. The van der Waals surface area contributed by atoms with Gasteiger partial charge in [0.1, 0.15) is 35.9 Å². The number of nitrogens with zero attached hydrogens (tertiary/aromatic N) is 2. The zero-order valence-electron chi connectivity index (χ0n) is 41.1. The molecule has 378 valence electrons. The van der Waals surface area contributed by atoms with Crippen molar-refractivity contribution in [2.24, 2.45) is 29.6 Å². The number of aliphatic hydroxyl groups is 5. The molecule has 1 aliphatic carbocycles. The molecule has 16 heteroatoms. The summed E-state index contributed by atoms with van der Waals surface area (Å²) in [5, 5.41) is 57.3. The van der Waals surface area contributed by atoms with E-state index < -0.39 is 102 Å². The van der Waals surface area contributed by atoms with Gasteiger partial charge in [-0.3, -0.25) is 14.4 Å². The number of ether oxygens (including phenoxy) is 5. The number of esters is 1. The minimum absolute atomic E-state index is 0.0218. The lowest BCUT2D eigenvalue weighted by Gasteiger charge is -2.47. The molecule has 1 amide bonds. The van der Waals surface area contributed by atoms with Crippen molar-refractivity contribution in [2.45, 2.75) is 173 Å². The lowest BCUT2D eigenvalue weighted by molar-refractivity contribution is -0.302. The van der Waals surface area contributed by atoms with Gasteiger partial charge in [-0.05, 0) is 119 Å². The van der Waals surface area contributed by atoms with Crippen LogP contribution in [-0.4, -0.2) is 146 Å². The third-order valence-electron chi connectivity index (χ3n) is 15.2. The molecule has 15 unspecified atom stereocenters. The van der Waals surface area contributed by atoms with Gasteiger partial charge in [-0.1, -0.05) is 39.8 Å². The second-order valence-electron chi connectivity index (χ2n) is 20.0. The molecule has 1 aromatic carbocycles. The fraction of sp³-hybridized carbons (Fsp3) is 0.692. The maximum absolute atomic E-state index is 14.5. The van der Waals surface area contributed by atoms with Gasteiger partial charge >= 0.3 is 5.97 Å². The number of aromatic nitrogens is 1. The summed E-state index contributed by atoms with van der Waals surface area (Å²) in [5.41, 5.74) is 2.09. The summed E-state index contributed by atoms with van der Waals surface area (Å²) in [6.07, 6.45) is 1.61. The number of allylic oxidation sites excluding steroid dienone is 2. The van der Waals surface area contributed by atoms with Gasteiger partial charge in [0.2, 0.25) is 5.79 Å². The fourth-order valence-corrected chi connectivity index (χ4v) is 10.9. The Morgan fingerprint density at radius 3 is 2.32 bits per heavy atom. The van der Waals surface area contributed by atoms with Crippen LogP contribution in [0.3, 0.4) is 0 Å². The van der Waals surface area contributed by atoms with E-state index in [9.17, 15) is 44.7 Å². The molecule has 6 rings (SSSR count). The second-order valence-corrected chi connectivity index (χ2v) is 20.0. The molecular formula is C52H76N2O14. The summed E-state index contributed by atoms with van der Waals surface area (Å²) in [6, 6.07) is 6.45. The Labute approximate surface area is 400 Å². The molecule has 5 N–H and O–H groups in total. The number of hydrogen-bond donors (Lipinski definition) is 5. The van der Waals surface area contributed by atoms with E-state index in [0.29, 0.717) is 62.0 Å². The Balaban J connectivity index is 1.29. The van der Waals surface area contributed by atoms with Crippen LogP contribution in [0, 0.1) is 29.6 Å². The average molecular weight is 953 g/mol. The monoisotopic (exact) mass is 953 g/mol. The molecule has 2 bridgehead atoms. The molecule has 1 saturated carbocycles. The number of Topliss-reactive ketones (excluding diaryl/α,β-unsaturated/α-hetero) is 2. The first-order chi connectivity index (χ1) is 32.3. The van der Waals surface area contributed by atoms with E-state index in [1.54, 1.807) is 33.8 Å². The van der Waals surface area contributed by atoms with Crippen molar-refractivity contribution in [3.05, 3.63) is 53.8 Å². The molecule has 16 nitrogen and oxygen atoms in total. The predicted molar refractivity (Wildman–Crippen MR) is 252 cm³/mol. The van der Waals surface area contributed by atoms with Crippen LogP contribution < -0.4 is 4.74 Å². The molecule has 4 heterocycles. The summed E-state index contributed by atoms with van der Waals surface area (Å²) in [7, 11) is 2.94. The van der Waals surface area contributed by atoms with Crippen molar-refractivity contribution in [1.29, 1.82) is 0 Å². The van der Waals surface area contributed by atoms with Crippen LogP contribution in [0.5, 0.6) is 5.75 Å². The molecule has 4 aliphatic rings. The van der Waals surface area contributed by atoms with Crippen LogP contribution in [0.1, 0.15) is 106 Å². The van der Waals surface area contributed by atoms with Crippen molar-refractivity contribution in [2.75, 3.05) is 27.4 Å². The van der Waals surface area contributed by atoms with Crippen LogP contribution >= 0.6 is 0 Å². The van der Waals surface area contributed by atoms with Gasteiger partial charge in [0.25, 0.3) is 11.7 Å². The number of ketones is 2. The number of amides is 1.